The highest BCUT2D eigenvalue weighted by Gasteiger charge is 2.33. The molecule has 6 rings (SSSR count). The molecule has 2 saturated heterocycles. The summed E-state index contributed by atoms with van der Waals surface area (Å²) in [6, 6.07) is 15.6. The van der Waals surface area contributed by atoms with Crippen LogP contribution in [0.25, 0.3) is 22.3 Å². The number of rotatable bonds is 7. The van der Waals surface area contributed by atoms with E-state index in [4.69, 9.17) is 15.6 Å². The van der Waals surface area contributed by atoms with Crippen molar-refractivity contribution in [2.45, 2.75) is 44.3 Å². The Kier molecular flexibility index (Phi) is 7.31. The first-order chi connectivity index (χ1) is 20.0. The molecule has 2 atom stereocenters. The fourth-order valence-corrected chi connectivity index (χ4v) is 5.58. The number of hydrogen-bond donors (Lipinski definition) is 2. The first-order valence-electron chi connectivity index (χ1n) is 13.7. The first-order valence-corrected chi connectivity index (χ1v) is 13.7. The lowest BCUT2D eigenvalue weighted by Gasteiger charge is -2.24. The smallest absolute Gasteiger partial charge is 0.264 e. The molecule has 2 fully saturated rings. The predicted molar refractivity (Wildman–Crippen MR) is 151 cm³/mol. The van der Waals surface area contributed by atoms with Gasteiger partial charge >= 0.3 is 0 Å². The van der Waals surface area contributed by atoms with Crippen molar-refractivity contribution in [2.75, 3.05) is 18.8 Å². The second-order valence-corrected chi connectivity index (χ2v) is 10.2. The number of ether oxygens (including phenoxy) is 1. The zero-order valence-electron chi connectivity index (χ0n) is 22.3. The fourth-order valence-electron chi connectivity index (χ4n) is 5.58. The number of hydrogen-bond acceptors (Lipinski definition) is 8. The van der Waals surface area contributed by atoms with Gasteiger partial charge in [-0.3, -0.25) is 4.79 Å². The average molecular weight is 553 g/mol. The number of likely N-dealkylation sites (tertiary alicyclic amines) is 1. The van der Waals surface area contributed by atoms with Gasteiger partial charge < -0.3 is 20.7 Å². The third kappa shape index (κ3) is 5.34. The van der Waals surface area contributed by atoms with Gasteiger partial charge in [0.2, 0.25) is 0 Å². The van der Waals surface area contributed by atoms with Crippen LogP contribution in [0.5, 0.6) is 11.5 Å². The van der Waals surface area contributed by atoms with Crippen LogP contribution in [0.3, 0.4) is 0 Å². The summed E-state index contributed by atoms with van der Waals surface area (Å²) in [5.74, 6) is 0.305. The average Bonchev–Trinajstić information content (AvgIpc) is 3.74. The van der Waals surface area contributed by atoms with Gasteiger partial charge in [-0.05, 0) is 62.6 Å². The number of anilines is 1. The van der Waals surface area contributed by atoms with E-state index in [2.05, 4.69) is 21.4 Å². The molecule has 208 valence electrons. The van der Waals surface area contributed by atoms with Crippen LogP contribution in [0.2, 0.25) is 0 Å². The Morgan fingerprint density at radius 2 is 2.02 bits per heavy atom. The predicted octanol–water partition coefficient (Wildman–Crippen LogP) is 4.20. The molecule has 4 aromatic rings. The van der Waals surface area contributed by atoms with Gasteiger partial charge in [0.25, 0.3) is 5.91 Å². The molecule has 11 heteroatoms. The Bertz CT molecular complexity index is 1660. The Morgan fingerprint density at radius 1 is 1.17 bits per heavy atom. The van der Waals surface area contributed by atoms with Crippen molar-refractivity contribution < 1.29 is 13.9 Å². The maximum Gasteiger partial charge on any atom is 0.264 e. The van der Waals surface area contributed by atoms with Crippen molar-refractivity contribution in [3.05, 3.63) is 72.3 Å². The lowest BCUT2D eigenvalue weighted by Crippen LogP contribution is -2.39. The zero-order chi connectivity index (χ0) is 28.3. The molecular weight excluding hydrogens is 523 g/mol. The van der Waals surface area contributed by atoms with E-state index in [9.17, 15) is 10.1 Å². The monoisotopic (exact) mass is 552 g/mol. The van der Waals surface area contributed by atoms with Crippen molar-refractivity contribution >= 4 is 22.8 Å². The van der Waals surface area contributed by atoms with Crippen molar-refractivity contribution in [1.82, 2.24) is 30.0 Å². The number of nitrogens with one attached hydrogen (secondary N) is 1. The van der Waals surface area contributed by atoms with Gasteiger partial charge in [0.15, 0.2) is 5.65 Å². The summed E-state index contributed by atoms with van der Waals surface area (Å²) in [4.78, 5) is 23.7. The van der Waals surface area contributed by atoms with E-state index in [1.807, 2.05) is 18.2 Å². The summed E-state index contributed by atoms with van der Waals surface area (Å²) in [7, 11) is 0. The van der Waals surface area contributed by atoms with Gasteiger partial charge in [0, 0.05) is 24.2 Å². The van der Waals surface area contributed by atoms with Crippen molar-refractivity contribution in [3.8, 4) is 28.8 Å². The van der Waals surface area contributed by atoms with E-state index in [-0.39, 0.29) is 34.9 Å². The molecule has 2 aromatic heterocycles. The highest BCUT2D eigenvalue weighted by atomic mass is 19.1. The normalized spacial score (nSPS) is 19.0. The van der Waals surface area contributed by atoms with E-state index in [0.717, 1.165) is 32.2 Å². The minimum Gasteiger partial charge on any atom is -0.457 e. The van der Waals surface area contributed by atoms with Crippen LogP contribution in [0.15, 0.2) is 66.5 Å². The summed E-state index contributed by atoms with van der Waals surface area (Å²) in [5.41, 5.74) is 7.38. The van der Waals surface area contributed by atoms with E-state index in [0.29, 0.717) is 41.3 Å². The van der Waals surface area contributed by atoms with Gasteiger partial charge in [0.05, 0.1) is 18.0 Å². The Balaban J connectivity index is 1.30. The number of para-hydroxylation sites is 1. The van der Waals surface area contributed by atoms with Crippen LogP contribution >= 0.6 is 0 Å². The molecule has 2 aliphatic rings. The quantitative estimate of drug-likeness (QED) is 0.257. The number of nitrogens with two attached hydrogens (primary N) is 1. The number of amides is 1. The molecule has 2 aliphatic heterocycles. The molecular formula is C30H29FN8O2. The fraction of sp³-hybridized carbons (Fsp3) is 0.300. The lowest BCUT2D eigenvalue weighted by atomic mass is 10.1. The Hall–Kier alpha value is -4.82. The molecule has 4 heterocycles. The van der Waals surface area contributed by atoms with Crippen molar-refractivity contribution in [3.63, 3.8) is 0 Å². The maximum atomic E-state index is 15.5. The maximum absolute atomic E-state index is 15.5. The number of fused-ring (bicyclic) bond motifs is 1. The summed E-state index contributed by atoms with van der Waals surface area (Å²) in [6.07, 6.45) is 6.55. The van der Waals surface area contributed by atoms with Gasteiger partial charge in [-0.15, -0.1) is 0 Å². The van der Waals surface area contributed by atoms with E-state index in [1.54, 1.807) is 39.9 Å². The van der Waals surface area contributed by atoms with Crippen LogP contribution in [-0.2, 0) is 11.3 Å². The highest BCUT2D eigenvalue weighted by molar-refractivity contribution is 5.99. The number of nitrogen functional groups attached to an aromatic ring is 1. The first kappa shape index (κ1) is 26.4. The molecule has 0 aliphatic carbocycles. The van der Waals surface area contributed by atoms with Crippen LogP contribution in [-0.4, -0.2) is 55.7 Å². The van der Waals surface area contributed by atoms with Crippen LogP contribution in [0, 0.1) is 17.1 Å². The summed E-state index contributed by atoms with van der Waals surface area (Å²) >= 11 is 0. The molecule has 3 N–H and O–H groups in total. The van der Waals surface area contributed by atoms with Crippen LogP contribution in [0.1, 0.15) is 25.7 Å². The summed E-state index contributed by atoms with van der Waals surface area (Å²) < 4.78 is 22.9. The number of halogens is 1. The molecule has 10 nitrogen and oxygen atoms in total. The van der Waals surface area contributed by atoms with Crippen molar-refractivity contribution in [2.24, 2.45) is 0 Å². The van der Waals surface area contributed by atoms with Crippen LogP contribution in [0.4, 0.5) is 10.2 Å². The standard InChI is InChI=1S/C30H29FN8O2/c31-25-15-23(41-22-8-2-1-3-9-22)10-11-24(25)27-26-28(33)35-18-36-29(26)39(37-27)17-21-7-5-13-38(21)30(40)19(16-32)14-20-6-4-12-34-20/h1-3,8-11,14-15,18,20-21,34H,4-7,12-13,17H2,(H2,33,35,36)/b19-14+/t20-,21+/m0/s1. The third-order valence-corrected chi connectivity index (χ3v) is 7.57. The topological polar surface area (TPSA) is 135 Å². The molecule has 0 spiro atoms. The second-order valence-electron chi connectivity index (χ2n) is 10.2. The summed E-state index contributed by atoms with van der Waals surface area (Å²) in [6.45, 7) is 1.74. The highest BCUT2D eigenvalue weighted by Crippen LogP contribution is 2.35. The van der Waals surface area contributed by atoms with Crippen molar-refractivity contribution in [1.29, 1.82) is 5.26 Å². The number of carbonyl (C=O) groups is 1. The number of nitriles is 1. The molecule has 0 radical (unpaired) electrons. The molecule has 0 saturated carbocycles. The number of carbonyl (C=O) groups excluding carboxylic acids is 1. The van der Waals surface area contributed by atoms with E-state index in [1.165, 1.54) is 12.4 Å². The Labute approximate surface area is 236 Å². The molecule has 2 aromatic carbocycles. The molecule has 1 amide bonds. The van der Waals surface area contributed by atoms with E-state index < -0.39 is 5.82 Å². The van der Waals surface area contributed by atoms with Gasteiger partial charge in [-0.2, -0.15) is 10.4 Å². The lowest BCUT2D eigenvalue weighted by molar-refractivity contribution is -0.127. The van der Waals surface area contributed by atoms with Gasteiger partial charge in [0.1, 0.15) is 46.8 Å². The second kappa shape index (κ2) is 11.3. The number of benzene rings is 2. The largest absolute Gasteiger partial charge is 0.457 e. The molecule has 0 unspecified atom stereocenters. The minimum absolute atomic E-state index is 0.0336. The Morgan fingerprint density at radius 3 is 2.78 bits per heavy atom. The molecule has 0 bridgehead atoms. The summed E-state index contributed by atoms with van der Waals surface area (Å²) in [5, 5.41) is 18.2. The minimum atomic E-state index is -0.532. The third-order valence-electron chi connectivity index (χ3n) is 7.57. The zero-order valence-corrected chi connectivity index (χ0v) is 22.3. The van der Waals surface area contributed by atoms with Crippen LogP contribution < -0.4 is 15.8 Å². The number of aromatic nitrogens is 4. The van der Waals surface area contributed by atoms with Gasteiger partial charge in [-0.1, -0.05) is 18.2 Å². The van der Waals surface area contributed by atoms with Gasteiger partial charge in [-0.25, -0.2) is 19.0 Å². The van der Waals surface area contributed by atoms with E-state index >= 15 is 4.39 Å². The number of nitrogens with zero attached hydrogens (tertiary/aromatic N) is 6. The SMILES string of the molecule is N#C/C(=C\[C@@H]1CCCN1)C(=O)N1CCC[C@@H]1Cn1nc(-c2ccc(Oc3ccccc3)cc2F)c2c(N)ncnc21. The molecule has 41 heavy (non-hydrogen) atoms.